The highest BCUT2D eigenvalue weighted by molar-refractivity contribution is 6.05. The van der Waals surface area contributed by atoms with Crippen LogP contribution in [0.2, 0.25) is 0 Å². The van der Waals surface area contributed by atoms with Crippen LogP contribution in [-0.2, 0) is 9.59 Å². The molecule has 3 aromatic rings. The first-order valence-corrected chi connectivity index (χ1v) is 11.7. The molecule has 4 rings (SSSR count). The third-order valence-corrected chi connectivity index (χ3v) is 6.08. The number of anilines is 1. The fourth-order valence-electron chi connectivity index (χ4n) is 4.39. The van der Waals surface area contributed by atoms with Gasteiger partial charge < -0.3 is 19.8 Å². The number of carbonyl (C=O) groups is 3. The van der Waals surface area contributed by atoms with Gasteiger partial charge in [0.15, 0.2) is 5.76 Å². The number of ether oxygens (including phenoxy) is 1. The van der Waals surface area contributed by atoms with Crippen LogP contribution in [0.1, 0.15) is 47.8 Å². The maximum atomic E-state index is 13.7. The lowest BCUT2D eigenvalue weighted by molar-refractivity contribution is -0.126. The summed E-state index contributed by atoms with van der Waals surface area (Å²) < 4.78 is 10.6. The zero-order valence-corrected chi connectivity index (χ0v) is 19.6. The van der Waals surface area contributed by atoms with Gasteiger partial charge in [0.2, 0.25) is 11.8 Å². The van der Waals surface area contributed by atoms with E-state index in [9.17, 15) is 14.4 Å². The largest absolute Gasteiger partial charge is 0.495 e. The highest BCUT2D eigenvalue weighted by Crippen LogP contribution is 2.35. The van der Waals surface area contributed by atoms with Crippen molar-refractivity contribution in [1.29, 1.82) is 0 Å². The molecule has 0 aliphatic heterocycles. The highest BCUT2D eigenvalue weighted by Gasteiger charge is 2.35. The number of rotatable bonds is 9. The van der Waals surface area contributed by atoms with Gasteiger partial charge >= 0.3 is 0 Å². The van der Waals surface area contributed by atoms with Crippen molar-refractivity contribution in [3.8, 4) is 5.75 Å². The Morgan fingerprint density at radius 3 is 2.40 bits per heavy atom. The van der Waals surface area contributed by atoms with E-state index in [0.717, 1.165) is 25.7 Å². The second-order valence-corrected chi connectivity index (χ2v) is 8.40. The number of furan rings is 1. The lowest BCUT2D eigenvalue weighted by Crippen LogP contribution is -2.49. The molecule has 1 saturated carbocycles. The molecule has 0 spiro atoms. The van der Waals surface area contributed by atoms with E-state index in [-0.39, 0.29) is 24.3 Å². The molecular formula is C27H29N3O5. The van der Waals surface area contributed by atoms with Gasteiger partial charge in [-0.2, -0.15) is 0 Å². The second-order valence-electron chi connectivity index (χ2n) is 8.40. The first-order chi connectivity index (χ1) is 17.1. The molecule has 1 aliphatic carbocycles. The molecule has 3 amide bonds. The SMILES string of the molecule is COc1ccccc1N(C(=O)CNC(=O)c1ccco1)[C@@H](C(=O)NC1CCCC1)c1ccccc1. The summed E-state index contributed by atoms with van der Waals surface area (Å²) in [5.41, 5.74) is 1.09. The Morgan fingerprint density at radius 2 is 1.71 bits per heavy atom. The van der Waals surface area contributed by atoms with Crippen LogP contribution in [0.4, 0.5) is 5.69 Å². The van der Waals surface area contributed by atoms with Crippen molar-refractivity contribution in [1.82, 2.24) is 10.6 Å². The molecule has 2 aromatic carbocycles. The summed E-state index contributed by atoms with van der Waals surface area (Å²) >= 11 is 0. The van der Waals surface area contributed by atoms with Gasteiger partial charge in [-0.15, -0.1) is 0 Å². The van der Waals surface area contributed by atoms with Gasteiger partial charge in [0.1, 0.15) is 11.8 Å². The lowest BCUT2D eigenvalue weighted by atomic mass is 10.0. The minimum atomic E-state index is -0.957. The minimum absolute atomic E-state index is 0.0713. The molecule has 182 valence electrons. The molecule has 1 aromatic heterocycles. The maximum absolute atomic E-state index is 13.7. The molecule has 35 heavy (non-hydrogen) atoms. The van der Waals surface area contributed by atoms with Crippen LogP contribution in [0.25, 0.3) is 0 Å². The van der Waals surface area contributed by atoms with Gasteiger partial charge in [-0.1, -0.05) is 55.3 Å². The van der Waals surface area contributed by atoms with Crippen LogP contribution in [0.5, 0.6) is 5.75 Å². The quantitative estimate of drug-likeness (QED) is 0.490. The normalized spacial score (nSPS) is 14.2. The van der Waals surface area contributed by atoms with Crippen molar-refractivity contribution in [3.05, 3.63) is 84.3 Å². The summed E-state index contributed by atoms with van der Waals surface area (Å²) in [5, 5.41) is 5.73. The topological polar surface area (TPSA) is 101 Å². The van der Waals surface area contributed by atoms with Crippen LogP contribution >= 0.6 is 0 Å². The third-order valence-electron chi connectivity index (χ3n) is 6.08. The highest BCUT2D eigenvalue weighted by atomic mass is 16.5. The molecule has 0 unspecified atom stereocenters. The van der Waals surface area contributed by atoms with Crippen LogP contribution in [0.15, 0.2) is 77.4 Å². The molecule has 0 bridgehead atoms. The molecule has 1 atom stereocenters. The van der Waals surface area contributed by atoms with Gasteiger partial charge in [0, 0.05) is 6.04 Å². The van der Waals surface area contributed by atoms with E-state index in [0.29, 0.717) is 17.0 Å². The van der Waals surface area contributed by atoms with Crippen molar-refractivity contribution >= 4 is 23.4 Å². The van der Waals surface area contributed by atoms with Crippen molar-refractivity contribution < 1.29 is 23.5 Å². The Kier molecular flexibility index (Phi) is 7.82. The fraction of sp³-hybridized carbons (Fsp3) is 0.296. The van der Waals surface area contributed by atoms with Crippen LogP contribution in [0, 0.1) is 0 Å². The first-order valence-electron chi connectivity index (χ1n) is 11.7. The number of amides is 3. The number of hydrogen-bond acceptors (Lipinski definition) is 5. The molecule has 1 heterocycles. The third kappa shape index (κ3) is 5.71. The van der Waals surface area contributed by atoms with Gasteiger partial charge in [-0.05, 0) is 42.7 Å². The summed E-state index contributed by atoms with van der Waals surface area (Å²) in [6.07, 6.45) is 5.34. The van der Waals surface area contributed by atoms with Gasteiger partial charge in [-0.3, -0.25) is 19.3 Å². The Balaban J connectivity index is 1.70. The summed E-state index contributed by atoms with van der Waals surface area (Å²) in [6, 6.07) is 18.4. The number of nitrogens with zero attached hydrogens (tertiary/aromatic N) is 1. The van der Waals surface area contributed by atoms with Crippen LogP contribution < -0.4 is 20.3 Å². The molecule has 1 aliphatic rings. The van der Waals surface area contributed by atoms with E-state index < -0.39 is 17.9 Å². The van der Waals surface area contributed by atoms with Gasteiger partial charge in [0.25, 0.3) is 5.91 Å². The number of hydrogen-bond donors (Lipinski definition) is 2. The van der Waals surface area contributed by atoms with Crippen molar-refractivity contribution in [2.24, 2.45) is 0 Å². The van der Waals surface area contributed by atoms with E-state index in [1.165, 1.54) is 24.3 Å². The molecule has 2 N–H and O–H groups in total. The maximum Gasteiger partial charge on any atom is 0.287 e. The van der Waals surface area contributed by atoms with Crippen molar-refractivity contribution in [2.45, 2.75) is 37.8 Å². The number of benzene rings is 2. The zero-order valence-electron chi connectivity index (χ0n) is 19.6. The van der Waals surface area contributed by atoms with Crippen LogP contribution in [0.3, 0.4) is 0 Å². The van der Waals surface area contributed by atoms with Gasteiger partial charge in [0.05, 0.1) is 25.6 Å². The number of carbonyl (C=O) groups excluding carboxylic acids is 3. The fourth-order valence-corrected chi connectivity index (χ4v) is 4.39. The minimum Gasteiger partial charge on any atom is -0.495 e. The molecule has 8 heteroatoms. The number of methoxy groups -OCH3 is 1. The summed E-state index contributed by atoms with van der Waals surface area (Å²) in [5.74, 6) is -0.729. The monoisotopic (exact) mass is 475 g/mol. The summed E-state index contributed by atoms with van der Waals surface area (Å²) in [6.45, 7) is -0.336. The zero-order chi connectivity index (χ0) is 24.6. The Bertz CT molecular complexity index is 1140. The average molecular weight is 476 g/mol. The van der Waals surface area contributed by atoms with Crippen LogP contribution in [-0.4, -0.2) is 37.4 Å². The summed E-state index contributed by atoms with van der Waals surface area (Å²) in [4.78, 5) is 41.2. The van der Waals surface area contributed by atoms with E-state index >= 15 is 0 Å². The average Bonchev–Trinajstić information content (AvgIpc) is 3.61. The van der Waals surface area contributed by atoms with E-state index in [1.807, 2.05) is 30.3 Å². The molecular weight excluding hydrogens is 446 g/mol. The molecule has 0 radical (unpaired) electrons. The van der Waals surface area contributed by atoms with E-state index in [4.69, 9.17) is 9.15 Å². The van der Waals surface area contributed by atoms with Gasteiger partial charge in [-0.25, -0.2) is 0 Å². The van der Waals surface area contributed by atoms with Crippen molar-refractivity contribution in [2.75, 3.05) is 18.6 Å². The van der Waals surface area contributed by atoms with E-state index in [2.05, 4.69) is 10.6 Å². The Hall–Kier alpha value is -4.07. The second kappa shape index (κ2) is 11.4. The summed E-state index contributed by atoms with van der Waals surface area (Å²) in [7, 11) is 1.51. The Labute approximate surface area is 204 Å². The first kappa shape index (κ1) is 24.1. The predicted molar refractivity (Wildman–Crippen MR) is 131 cm³/mol. The lowest BCUT2D eigenvalue weighted by Gasteiger charge is -2.33. The number of para-hydroxylation sites is 2. The van der Waals surface area contributed by atoms with Crippen molar-refractivity contribution in [3.63, 3.8) is 0 Å². The molecule has 0 saturated heterocycles. The van der Waals surface area contributed by atoms with E-state index in [1.54, 1.807) is 30.3 Å². The Morgan fingerprint density at radius 1 is 1.00 bits per heavy atom. The standard InChI is InChI=1S/C27H29N3O5/c1-34-22-15-8-7-14-21(22)30(24(31)18-28-26(32)23-16-9-17-35-23)25(19-10-3-2-4-11-19)27(33)29-20-12-5-6-13-20/h2-4,7-11,14-17,20,25H,5-6,12-13,18H2,1H3,(H,28,32)(H,29,33)/t25-/m1/s1. The molecule has 1 fully saturated rings. The molecule has 8 nitrogen and oxygen atoms in total. The number of nitrogens with one attached hydrogen (secondary N) is 2. The predicted octanol–water partition coefficient (Wildman–Crippen LogP) is 3.85. The smallest absolute Gasteiger partial charge is 0.287 e.